The second kappa shape index (κ2) is 4.92. The lowest BCUT2D eigenvalue weighted by Gasteiger charge is -2.25. The minimum Gasteiger partial charge on any atom is -0.396 e. The van der Waals surface area contributed by atoms with Crippen LogP contribution < -0.4 is 0 Å². The molecular formula is C11H14ClFO2. The maximum absolute atomic E-state index is 13.4. The minimum atomic E-state index is -0.744. The Morgan fingerprint density at radius 1 is 1.33 bits per heavy atom. The lowest BCUT2D eigenvalue weighted by molar-refractivity contribution is 0.0697. The van der Waals surface area contributed by atoms with Crippen molar-refractivity contribution in [3.8, 4) is 0 Å². The molecule has 4 heteroatoms. The van der Waals surface area contributed by atoms with Gasteiger partial charge in [-0.2, -0.15) is 0 Å². The third kappa shape index (κ3) is 2.91. The van der Waals surface area contributed by atoms with Crippen LogP contribution in [0.2, 0.25) is 5.02 Å². The molecular weight excluding hydrogens is 219 g/mol. The van der Waals surface area contributed by atoms with Gasteiger partial charge in [0.25, 0.3) is 0 Å². The van der Waals surface area contributed by atoms with Crippen molar-refractivity contribution >= 4 is 11.6 Å². The van der Waals surface area contributed by atoms with Gasteiger partial charge >= 0.3 is 0 Å². The summed E-state index contributed by atoms with van der Waals surface area (Å²) in [5.41, 5.74) is -0.406. The standard InChI is InChI=1S/C11H14ClFO2/c1-11(6-14,7-15)5-8-9(12)3-2-4-10(8)13/h2-4,14-15H,5-7H2,1H3. The number of hydrogen-bond acceptors (Lipinski definition) is 2. The summed E-state index contributed by atoms with van der Waals surface area (Å²) in [7, 11) is 0. The average molecular weight is 233 g/mol. The summed E-state index contributed by atoms with van der Waals surface area (Å²) in [6.45, 7) is 1.25. The van der Waals surface area contributed by atoms with Crippen molar-refractivity contribution in [1.29, 1.82) is 0 Å². The smallest absolute Gasteiger partial charge is 0.127 e. The molecule has 0 aliphatic heterocycles. The second-order valence-corrected chi connectivity index (χ2v) is 4.41. The molecule has 0 aliphatic rings. The Hall–Kier alpha value is -0.640. The van der Waals surface area contributed by atoms with Gasteiger partial charge < -0.3 is 10.2 Å². The number of hydrogen-bond donors (Lipinski definition) is 2. The molecule has 0 radical (unpaired) electrons. The fourth-order valence-electron chi connectivity index (χ4n) is 1.29. The SMILES string of the molecule is CC(CO)(CO)Cc1c(F)cccc1Cl. The van der Waals surface area contributed by atoms with Crippen LogP contribution in [0.4, 0.5) is 4.39 Å². The van der Waals surface area contributed by atoms with Gasteiger partial charge in [-0.25, -0.2) is 4.39 Å². The zero-order chi connectivity index (χ0) is 11.5. The summed E-state index contributed by atoms with van der Waals surface area (Å²) in [5, 5.41) is 18.5. The van der Waals surface area contributed by atoms with E-state index in [2.05, 4.69) is 0 Å². The minimum absolute atomic E-state index is 0.214. The third-order valence-corrected chi connectivity index (χ3v) is 2.78. The van der Waals surface area contributed by atoms with E-state index in [0.29, 0.717) is 10.6 Å². The molecule has 0 amide bonds. The lowest BCUT2D eigenvalue weighted by atomic mass is 9.85. The van der Waals surface area contributed by atoms with Crippen molar-refractivity contribution in [1.82, 2.24) is 0 Å². The Morgan fingerprint density at radius 2 is 1.93 bits per heavy atom. The predicted molar refractivity (Wildman–Crippen MR) is 57.4 cm³/mol. The van der Waals surface area contributed by atoms with Crippen LogP contribution in [-0.2, 0) is 6.42 Å². The van der Waals surface area contributed by atoms with Crippen LogP contribution in [0.3, 0.4) is 0 Å². The molecule has 0 saturated carbocycles. The van der Waals surface area contributed by atoms with Crippen LogP contribution in [-0.4, -0.2) is 23.4 Å². The first-order valence-electron chi connectivity index (χ1n) is 4.67. The van der Waals surface area contributed by atoms with Gasteiger partial charge in [-0.3, -0.25) is 0 Å². The average Bonchev–Trinajstić information content (AvgIpc) is 2.23. The molecule has 15 heavy (non-hydrogen) atoms. The van der Waals surface area contributed by atoms with Crippen LogP contribution >= 0.6 is 11.6 Å². The lowest BCUT2D eigenvalue weighted by Crippen LogP contribution is -2.29. The Kier molecular flexibility index (Phi) is 4.08. The Balaban J connectivity index is 2.98. The van der Waals surface area contributed by atoms with Crippen molar-refractivity contribution < 1.29 is 14.6 Å². The van der Waals surface area contributed by atoms with Crippen molar-refractivity contribution in [3.63, 3.8) is 0 Å². The van der Waals surface area contributed by atoms with Crippen LogP contribution in [0.1, 0.15) is 12.5 Å². The zero-order valence-electron chi connectivity index (χ0n) is 8.50. The number of aliphatic hydroxyl groups is 2. The molecule has 2 N–H and O–H groups in total. The van der Waals surface area contributed by atoms with Crippen LogP contribution in [0.25, 0.3) is 0 Å². The molecule has 0 heterocycles. The summed E-state index contributed by atoms with van der Waals surface area (Å²) in [5.74, 6) is -0.407. The van der Waals surface area contributed by atoms with Crippen molar-refractivity contribution in [2.45, 2.75) is 13.3 Å². The van der Waals surface area contributed by atoms with Gasteiger partial charge in [0.1, 0.15) is 5.82 Å². The van der Waals surface area contributed by atoms with Gasteiger partial charge in [0, 0.05) is 16.0 Å². The van der Waals surface area contributed by atoms with Gasteiger partial charge in [0.15, 0.2) is 0 Å². The Labute approximate surface area is 93.3 Å². The predicted octanol–water partition coefficient (Wildman–Crippen LogP) is 2.01. The molecule has 0 aromatic heterocycles. The maximum Gasteiger partial charge on any atom is 0.127 e. The van der Waals surface area contributed by atoms with E-state index in [4.69, 9.17) is 21.8 Å². The van der Waals surface area contributed by atoms with Gasteiger partial charge in [0.2, 0.25) is 0 Å². The van der Waals surface area contributed by atoms with Gasteiger partial charge in [0.05, 0.1) is 13.2 Å². The van der Waals surface area contributed by atoms with E-state index in [9.17, 15) is 4.39 Å². The second-order valence-electron chi connectivity index (χ2n) is 4.00. The molecule has 0 aliphatic carbocycles. The van der Waals surface area contributed by atoms with Crippen LogP contribution in [0.5, 0.6) is 0 Å². The Bertz CT molecular complexity index is 317. The van der Waals surface area contributed by atoms with Gasteiger partial charge in [-0.15, -0.1) is 0 Å². The molecule has 0 atom stereocenters. The summed E-state index contributed by atoms with van der Waals surface area (Å²) in [6, 6.07) is 4.43. The Morgan fingerprint density at radius 3 is 2.40 bits per heavy atom. The van der Waals surface area contributed by atoms with Gasteiger partial charge in [-0.1, -0.05) is 24.6 Å². The highest BCUT2D eigenvalue weighted by Gasteiger charge is 2.25. The molecule has 1 rings (SSSR count). The van der Waals surface area contributed by atoms with Crippen molar-refractivity contribution in [2.24, 2.45) is 5.41 Å². The molecule has 0 bridgehead atoms. The highest BCUT2D eigenvalue weighted by atomic mass is 35.5. The maximum atomic E-state index is 13.4. The summed E-state index contributed by atoms with van der Waals surface area (Å²) in [4.78, 5) is 0. The topological polar surface area (TPSA) is 40.5 Å². The van der Waals surface area contributed by atoms with Crippen LogP contribution in [0.15, 0.2) is 18.2 Å². The summed E-state index contributed by atoms with van der Waals surface area (Å²) >= 11 is 5.85. The first kappa shape index (κ1) is 12.4. The van der Waals surface area contributed by atoms with Gasteiger partial charge in [-0.05, 0) is 18.6 Å². The van der Waals surface area contributed by atoms with E-state index < -0.39 is 11.2 Å². The highest BCUT2D eigenvalue weighted by Crippen LogP contribution is 2.27. The summed E-state index contributed by atoms with van der Waals surface area (Å²) < 4.78 is 13.4. The largest absolute Gasteiger partial charge is 0.396 e. The quantitative estimate of drug-likeness (QED) is 0.834. The fraction of sp³-hybridized carbons (Fsp3) is 0.455. The third-order valence-electron chi connectivity index (χ3n) is 2.43. The number of benzene rings is 1. The molecule has 2 nitrogen and oxygen atoms in total. The molecule has 0 spiro atoms. The first-order chi connectivity index (χ1) is 7.02. The molecule has 1 aromatic carbocycles. The number of rotatable bonds is 4. The number of halogens is 2. The molecule has 0 saturated heterocycles. The highest BCUT2D eigenvalue weighted by molar-refractivity contribution is 6.31. The van der Waals surface area contributed by atoms with E-state index in [-0.39, 0.29) is 19.6 Å². The monoisotopic (exact) mass is 232 g/mol. The molecule has 84 valence electrons. The van der Waals surface area contributed by atoms with E-state index in [1.54, 1.807) is 13.0 Å². The van der Waals surface area contributed by atoms with E-state index in [1.807, 2.05) is 0 Å². The van der Waals surface area contributed by atoms with Crippen molar-refractivity contribution in [3.05, 3.63) is 34.6 Å². The zero-order valence-corrected chi connectivity index (χ0v) is 9.26. The molecule has 0 fully saturated rings. The summed E-state index contributed by atoms with van der Waals surface area (Å²) in [6.07, 6.45) is 0.214. The first-order valence-corrected chi connectivity index (χ1v) is 5.05. The van der Waals surface area contributed by atoms with E-state index in [0.717, 1.165) is 0 Å². The number of aliphatic hydroxyl groups excluding tert-OH is 2. The molecule has 1 aromatic rings. The van der Waals surface area contributed by atoms with E-state index in [1.165, 1.54) is 12.1 Å². The fourth-order valence-corrected chi connectivity index (χ4v) is 1.52. The van der Waals surface area contributed by atoms with Crippen LogP contribution in [0, 0.1) is 11.2 Å². The van der Waals surface area contributed by atoms with Crippen molar-refractivity contribution in [2.75, 3.05) is 13.2 Å². The van der Waals surface area contributed by atoms with E-state index >= 15 is 0 Å². The normalized spacial score (nSPS) is 11.8. The molecule has 0 unspecified atom stereocenters.